The smallest absolute Gasteiger partial charge is 0.153 e. The fourth-order valence-electron chi connectivity index (χ4n) is 4.55. The summed E-state index contributed by atoms with van der Waals surface area (Å²) in [7, 11) is 0. The Balaban J connectivity index is 1.56. The molecule has 5 atom stereocenters. The molecule has 5 heteroatoms. The Bertz CT molecular complexity index is 1060. The maximum Gasteiger partial charge on any atom is 0.153 e. The first-order valence-electron chi connectivity index (χ1n) is 12.7. The van der Waals surface area contributed by atoms with Crippen molar-refractivity contribution in [2.24, 2.45) is 0 Å². The third kappa shape index (κ3) is 7.88. The minimum atomic E-state index is -0.425. The molecule has 1 aliphatic heterocycles. The molecule has 0 amide bonds. The summed E-state index contributed by atoms with van der Waals surface area (Å²) < 4.78 is 31.7. The van der Waals surface area contributed by atoms with Gasteiger partial charge in [-0.05, 0) is 23.1 Å². The maximum absolute atomic E-state index is 6.54. The molecule has 1 heterocycles. The van der Waals surface area contributed by atoms with E-state index < -0.39 is 18.3 Å². The molecular formula is C32H36O5. The van der Waals surface area contributed by atoms with Gasteiger partial charge in [0, 0.05) is 0 Å². The first kappa shape index (κ1) is 26.8. The Hall–Kier alpha value is -3.22. The average molecular weight is 501 g/mol. The van der Waals surface area contributed by atoms with Gasteiger partial charge in [0.05, 0.1) is 32.7 Å². The summed E-state index contributed by atoms with van der Waals surface area (Å²) in [6, 6.07) is 30.3. The number of hydrogen-bond donors (Lipinski definition) is 0. The van der Waals surface area contributed by atoms with Crippen LogP contribution >= 0.6 is 0 Å². The number of rotatable bonds is 14. The fourth-order valence-corrected chi connectivity index (χ4v) is 4.55. The molecule has 3 aromatic rings. The van der Waals surface area contributed by atoms with Crippen LogP contribution in [0, 0.1) is 0 Å². The minimum absolute atomic E-state index is 0.279. The molecule has 0 saturated carbocycles. The molecule has 0 radical (unpaired) electrons. The lowest BCUT2D eigenvalue weighted by atomic mass is 9.92. The summed E-state index contributed by atoms with van der Waals surface area (Å²) >= 11 is 0. The predicted octanol–water partition coefficient (Wildman–Crippen LogP) is 6.25. The molecule has 194 valence electrons. The third-order valence-electron chi connectivity index (χ3n) is 6.35. The molecule has 5 nitrogen and oxygen atoms in total. The lowest BCUT2D eigenvalue weighted by Crippen LogP contribution is -2.60. The van der Waals surface area contributed by atoms with Gasteiger partial charge in [0.1, 0.15) is 24.4 Å². The lowest BCUT2D eigenvalue weighted by Gasteiger charge is -2.45. The van der Waals surface area contributed by atoms with E-state index in [9.17, 15) is 0 Å². The van der Waals surface area contributed by atoms with E-state index in [1.54, 1.807) is 0 Å². The molecule has 0 spiro atoms. The average Bonchev–Trinajstić information content (AvgIpc) is 2.94. The summed E-state index contributed by atoms with van der Waals surface area (Å²) in [6.45, 7) is 9.41. The van der Waals surface area contributed by atoms with Crippen LogP contribution in [0.25, 0.3) is 0 Å². The van der Waals surface area contributed by atoms with Crippen molar-refractivity contribution < 1.29 is 23.7 Å². The molecule has 4 rings (SSSR count). The monoisotopic (exact) mass is 500 g/mol. The van der Waals surface area contributed by atoms with Crippen molar-refractivity contribution in [1.82, 2.24) is 0 Å². The van der Waals surface area contributed by atoms with Crippen LogP contribution in [-0.2, 0) is 43.5 Å². The van der Waals surface area contributed by atoms with Crippen molar-refractivity contribution in [2.75, 3.05) is 6.61 Å². The normalized spacial score (nSPS) is 23.3. The third-order valence-corrected chi connectivity index (χ3v) is 6.35. The Morgan fingerprint density at radius 1 is 0.622 bits per heavy atom. The quantitative estimate of drug-likeness (QED) is 0.194. The highest BCUT2D eigenvalue weighted by Gasteiger charge is 2.48. The summed E-state index contributed by atoms with van der Waals surface area (Å²) in [6.07, 6.45) is 2.00. The van der Waals surface area contributed by atoms with E-state index in [0.717, 1.165) is 16.7 Å². The van der Waals surface area contributed by atoms with Crippen molar-refractivity contribution in [1.29, 1.82) is 0 Å². The van der Waals surface area contributed by atoms with Gasteiger partial charge in [-0.25, -0.2) is 0 Å². The van der Waals surface area contributed by atoms with Gasteiger partial charge in [-0.3, -0.25) is 0 Å². The highest BCUT2D eigenvalue weighted by atomic mass is 16.6. The van der Waals surface area contributed by atoms with E-state index in [0.29, 0.717) is 32.8 Å². The van der Waals surface area contributed by atoms with Crippen molar-refractivity contribution in [3.63, 3.8) is 0 Å². The highest BCUT2D eigenvalue weighted by molar-refractivity contribution is 5.15. The van der Waals surface area contributed by atoms with Gasteiger partial charge in [-0.1, -0.05) is 104 Å². The van der Waals surface area contributed by atoms with E-state index in [-0.39, 0.29) is 12.2 Å². The van der Waals surface area contributed by atoms with E-state index in [1.165, 1.54) is 6.26 Å². The summed E-state index contributed by atoms with van der Waals surface area (Å²) in [5, 5.41) is 0. The molecule has 1 fully saturated rings. The van der Waals surface area contributed by atoms with Crippen molar-refractivity contribution in [3.8, 4) is 0 Å². The lowest BCUT2D eigenvalue weighted by molar-refractivity contribution is -0.261. The maximum atomic E-state index is 6.54. The van der Waals surface area contributed by atoms with E-state index in [2.05, 4.69) is 13.2 Å². The fraction of sp³-hybridized carbons (Fsp3) is 0.312. The van der Waals surface area contributed by atoms with Gasteiger partial charge < -0.3 is 23.7 Å². The number of benzene rings is 3. The van der Waals surface area contributed by atoms with Gasteiger partial charge in [0.15, 0.2) is 6.10 Å². The predicted molar refractivity (Wildman–Crippen MR) is 145 cm³/mol. The van der Waals surface area contributed by atoms with Gasteiger partial charge >= 0.3 is 0 Å². The van der Waals surface area contributed by atoms with Crippen LogP contribution in [-0.4, -0.2) is 37.1 Å². The van der Waals surface area contributed by atoms with Gasteiger partial charge in [0.25, 0.3) is 0 Å². The Morgan fingerprint density at radius 3 is 1.65 bits per heavy atom. The highest BCUT2D eigenvalue weighted by Crippen LogP contribution is 2.32. The van der Waals surface area contributed by atoms with Crippen molar-refractivity contribution in [3.05, 3.63) is 133 Å². The zero-order valence-electron chi connectivity index (χ0n) is 21.2. The molecular weight excluding hydrogens is 464 g/mol. The summed E-state index contributed by atoms with van der Waals surface area (Å²) in [5.74, 6) is 0. The Labute approximate surface area is 220 Å². The van der Waals surface area contributed by atoms with E-state index in [1.807, 2.05) is 97.1 Å². The van der Waals surface area contributed by atoms with Gasteiger partial charge in [-0.2, -0.15) is 0 Å². The minimum Gasteiger partial charge on any atom is -0.493 e. The second-order valence-corrected chi connectivity index (χ2v) is 9.03. The van der Waals surface area contributed by atoms with Crippen molar-refractivity contribution in [2.45, 2.75) is 56.8 Å². The van der Waals surface area contributed by atoms with E-state index >= 15 is 0 Å². The molecule has 3 aromatic carbocycles. The van der Waals surface area contributed by atoms with Crippen LogP contribution in [0.4, 0.5) is 0 Å². The topological polar surface area (TPSA) is 46.2 Å². The molecule has 0 aromatic heterocycles. The van der Waals surface area contributed by atoms with Crippen LogP contribution in [0.3, 0.4) is 0 Å². The Kier molecular flexibility index (Phi) is 10.5. The molecule has 0 aliphatic carbocycles. The summed E-state index contributed by atoms with van der Waals surface area (Å²) in [5.41, 5.74) is 3.25. The standard InChI is InChI=1S/C32H36O5/c1-3-14-28-30(34-4-2)32(36-23-27-19-12-7-13-20-27)31(35-22-26-17-10-6-11-18-26)29(37-28)24-33-21-25-15-8-5-9-16-25/h3-13,15-20,28-32H,1-2,14,21-24H2/t28-,29+,30-,31+,32+/m0/s1. The largest absolute Gasteiger partial charge is 0.493 e. The van der Waals surface area contributed by atoms with Crippen LogP contribution in [0.15, 0.2) is 116 Å². The molecule has 1 aliphatic rings. The van der Waals surface area contributed by atoms with Crippen molar-refractivity contribution >= 4 is 0 Å². The Morgan fingerprint density at radius 2 is 1.14 bits per heavy atom. The van der Waals surface area contributed by atoms with Crippen LogP contribution < -0.4 is 0 Å². The molecule has 37 heavy (non-hydrogen) atoms. The van der Waals surface area contributed by atoms with Gasteiger partial charge in [-0.15, -0.1) is 6.58 Å². The second-order valence-electron chi connectivity index (χ2n) is 9.03. The molecule has 0 unspecified atom stereocenters. The van der Waals surface area contributed by atoms with Crippen LogP contribution in [0.5, 0.6) is 0 Å². The summed E-state index contributed by atoms with van der Waals surface area (Å²) in [4.78, 5) is 0. The second kappa shape index (κ2) is 14.5. The first-order valence-corrected chi connectivity index (χ1v) is 12.7. The number of hydrogen-bond acceptors (Lipinski definition) is 5. The number of ether oxygens (including phenoxy) is 5. The zero-order chi connectivity index (χ0) is 25.7. The van der Waals surface area contributed by atoms with Crippen LogP contribution in [0.2, 0.25) is 0 Å². The molecule has 0 bridgehead atoms. The van der Waals surface area contributed by atoms with Crippen LogP contribution in [0.1, 0.15) is 23.1 Å². The molecule has 1 saturated heterocycles. The molecule has 0 N–H and O–H groups in total. The van der Waals surface area contributed by atoms with E-state index in [4.69, 9.17) is 23.7 Å². The van der Waals surface area contributed by atoms with Gasteiger partial charge in [0.2, 0.25) is 0 Å². The first-order chi connectivity index (χ1) is 18.3. The SMILES string of the molecule is C=CC[C@@H]1O[C@H](COCc2ccccc2)[C@@H](OCc2ccccc2)[C@H](OCc2ccccc2)[C@H]1OC=C. The zero-order valence-corrected chi connectivity index (χ0v) is 21.2.